The lowest BCUT2D eigenvalue weighted by molar-refractivity contribution is -0.128. The molecule has 1 N–H and O–H groups in total. The lowest BCUT2D eigenvalue weighted by Gasteiger charge is -2.24. The van der Waals surface area contributed by atoms with Crippen LogP contribution in [-0.4, -0.2) is 31.0 Å². The molecule has 4 nitrogen and oxygen atoms in total. The highest BCUT2D eigenvalue weighted by atomic mass is 79.9. The van der Waals surface area contributed by atoms with Gasteiger partial charge in [0.05, 0.1) is 9.89 Å². The molecule has 0 saturated carbocycles. The van der Waals surface area contributed by atoms with Gasteiger partial charge in [0.15, 0.2) is 0 Å². The second-order valence-corrected chi connectivity index (χ2v) is 5.87. The lowest BCUT2D eigenvalue weighted by atomic mass is 9.89. The molecule has 1 unspecified atom stereocenters. The van der Waals surface area contributed by atoms with Crippen LogP contribution in [0.15, 0.2) is 16.7 Å². The molecule has 0 spiro atoms. The maximum Gasteiger partial charge on any atom is 0.227 e. The molecule has 0 bridgehead atoms. The van der Waals surface area contributed by atoms with Gasteiger partial charge in [0.1, 0.15) is 5.82 Å². The fourth-order valence-corrected chi connectivity index (χ4v) is 2.86. The van der Waals surface area contributed by atoms with Crippen molar-refractivity contribution in [2.45, 2.75) is 20.3 Å². The van der Waals surface area contributed by atoms with E-state index >= 15 is 0 Å². The van der Waals surface area contributed by atoms with Gasteiger partial charge in [-0.25, -0.2) is 4.98 Å². The number of amides is 1. The minimum absolute atomic E-state index is 0.105. The molecule has 1 atom stereocenters. The van der Waals surface area contributed by atoms with Gasteiger partial charge in [0.25, 0.3) is 0 Å². The van der Waals surface area contributed by atoms with Gasteiger partial charge in [0.2, 0.25) is 5.91 Å². The van der Waals surface area contributed by atoms with E-state index in [1.807, 2.05) is 26.1 Å². The van der Waals surface area contributed by atoms with Gasteiger partial charge in [-0.1, -0.05) is 0 Å². The fourth-order valence-electron chi connectivity index (χ4n) is 2.38. The highest BCUT2D eigenvalue weighted by Gasteiger charge is 2.40. The van der Waals surface area contributed by atoms with Gasteiger partial charge in [-0.05, 0) is 47.8 Å². The predicted molar refractivity (Wildman–Crippen MR) is 75.7 cm³/mol. The second kappa shape index (κ2) is 4.88. The number of nitrogens with zero attached hydrogens (tertiary/aromatic N) is 2. The van der Waals surface area contributed by atoms with Crippen molar-refractivity contribution in [3.8, 4) is 0 Å². The zero-order chi connectivity index (χ0) is 13.3. The molecular formula is C13H18BrN3O. The molecule has 1 aliphatic heterocycles. The van der Waals surface area contributed by atoms with Crippen molar-refractivity contribution in [3.63, 3.8) is 0 Å². The summed E-state index contributed by atoms with van der Waals surface area (Å²) in [5, 5.41) is 2.75. The number of carbonyl (C=O) groups is 1. The summed E-state index contributed by atoms with van der Waals surface area (Å²) >= 11 is 3.58. The molecule has 2 heterocycles. The van der Waals surface area contributed by atoms with E-state index in [1.165, 1.54) is 0 Å². The van der Waals surface area contributed by atoms with Crippen LogP contribution in [0.4, 0.5) is 5.82 Å². The maximum atomic E-state index is 11.9. The first-order chi connectivity index (χ1) is 8.48. The summed E-state index contributed by atoms with van der Waals surface area (Å²) in [6.07, 6.45) is 2.67. The summed E-state index contributed by atoms with van der Waals surface area (Å²) in [6, 6.07) is 1.97. The van der Waals surface area contributed by atoms with Crippen LogP contribution in [0.1, 0.15) is 18.9 Å². The summed E-state index contributed by atoms with van der Waals surface area (Å²) in [4.78, 5) is 18.5. The summed E-state index contributed by atoms with van der Waals surface area (Å²) in [6.45, 7) is 5.62. The van der Waals surface area contributed by atoms with Gasteiger partial charge >= 0.3 is 0 Å². The van der Waals surface area contributed by atoms with Crippen molar-refractivity contribution in [1.29, 1.82) is 0 Å². The molecule has 5 heteroatoms. The lowest BCUT2D eigenvalue weighted by Crippen LogP contribution is -2.39. The molecule has 1 aromatic heterocycles. The maximum absolute atomic E-state index is 11.9. The molecule has 1 fully saturated rings. The molecule has 0 aliphatic carbocycles. The Morgan fingerprint density at radius 2 is 2.33 bits per heavy atom. The van der Waals surface area contributed by atoms with Crippen LogP contribution in [-0.2, 0) is 4.79 Å². The van der Waals surface area contributed by atoms with Gasteiger partial charge in [-0.3, -0.25) is 4.79 Å². The molecule has 1 aromatic rings. The largest absolute Gasteiger partial charge is 0.359 e. The average molecular weight is 312 g/mol. The number of rotatable bonds is 2. The van der Waals surface area contributed by atoms with E-state index in [1.54, 1.807) is 7.05 Å². The number of pyridine rings is 1. The molecule has 18 heavy (non-hydrogen) atoms. The smallest absolute Gasteiger partial charge is 0.227 e. The Morgan fingerprint density at radius 1 is 1.61 bits per heavy atom. The Balaban J connectivity index is 2.23. The number of nitrogens with one attached hydrogen (secondary N) is 1. The van der Waals surface area contributed by atoms with Crippen molar-refractivity contribution >= 4 is 27.7 Å². The summed E-state index contributed by atoms with van der Waals surface area (Å²) in [5.41, 5.74) is 0.841. The van der Waals surface area contributed by atoms with Gasteiger partial charge in [-0.2, -0.15) is 0 Å². The second-order valence-electron chi connectivity index (χ2n) is 5.08. The van der Waals surface area contributed by atoms with Gasteiger partial charge < -0.3 is 10.2 Å². The zero-order valence-corrected chi connectivity index (χ0v) is 12.5. The van der Waals surface area contributed by atoms with E-state index in [2.05, 4.69) is 31.1 Å². The predicted octanol–water partition coefficient (Wildman–Crippen LogP) is 2.11. The molecule has 0 radical (unpaired) electrons. The number of hydrogen-bond donors (Lipinski definition) is 1. The number of aryl methyl sites for hydroxylation is 1. The highest BCUT2D eigenvalue weighted by molar-refractivity contribution is 9.10. The van der Waals surface area contributed by atoms with Gasteiger partial charge in [0, 0.05) is 26.3 Å². The van der Waals surface area contributed by atoms with Gasteiger partial charge in [-0.15, -0.1) is 0 Å². The Kier molecular flexibility index (Phi) is 3.61. The number of hydrogen-bond acceptors (Lipinski definition) is 3. The van der Waals surface area contributed by atoms with E-state index < -0.39 is 0 Å². The van der Waals surface area contributed by atoms with E-state index in [-0.39, 0.29) is 11.3 Å². The van der Waals surface area contributed by atoms with Crippen LogP contribution in [0, 0.1) is 12.3 Å². The van der Waals surface area contributed by atoms with Crippen LogP contribution < -0.4 is 10.2 Å². The normalized spacial score (nSPS) is 23.2. The van der Waals surface area contributed by atoms with Crippen LogP contribution in [0.25, 0.3) is 0 Å². The van der Waals surface area contributed by atoms with Crippen LogP contribution in [0.3, 0.4) is 0 Å². The molecule has 1 amide bonds. The quantitative estimate of drug-likeness (QED) is 0.910. The third-order valence-corrected chi connectivity index (χ3v) is 4.59. The Morgan fingerprint density at radius 3 is 3.00 bits per heavy atom. The minimum Gasteiger partial charge on any atom is -0.359 e. The Hall–Kier alpha value is -1.10. The first-order valence-electron chi connectivity index (χ1n) is 6.06. The number of halogens is 1. The number of anilines is 1. The van der Waals surface area contributed by atoms with Crippen molar-refractivity contribution in [1.82, 2.24) is 10.3 Å². The summed E-state index contributed by atoms with van der Waals surface area (Å²) < 4.78 is 1.02. The highest BCUT2D eigenvalue weighted by Crippen LogP contribution is 2.36. The van der Waals surface area contributed by atoms with Crippen molar-refractivity contribution in [2.24, 2.45) is 5.41 Å². The first kappa shape index (κ1) is 13.3. The summed E-state index contributed by atoms with van der Waals surface area (Å²) in [7, 11) is 1.69. The van der Waals surface area contributed by atoms with Crippen LogP contribution in [0.2, 0.25) is 0 Å². The average Bonchev–Trinajstić information content (AvgIpc) is 2.75. The van der Waals surface area contributed by atoms with E-state index in [9.17, 15) is 4.79 Å². The Labute approximate surface area is 116 Å². The Bertz CT molecular complexity index is 477. The molecule has 2 rings (SSSR count). The standard InChI is InChI=1S/C13H18BrN3O/c1-9-4-6-16-11(10(9)14)17-7-5-13(2,8-17)12(18)15-3/h4,6H,5,7-8H2,1-3H3,(H,15,18). The van der Waals surface area contributed by atoms with Crippen molar-refractivity contribution < 1.29 is 4.79 Å². The third kappa shape index (κ3) is 2.23. The van der Waals surface area contributed by atoms with Crippen LogP contribution >= 0.6 is 15.9 Å². The monoisotopic (exact) mass is 311 g/mol. The molecule has 98 valence electrons. The number of carbonyl (C=O) groups excluding carboxylic acids is 1. The molecule has 1 aliphatic rings. The zero-order valence-electron chi connectivity index (χ0n) is 11.0. The van der Waals surface area contributed by atoms with Crippen molar-refractivity contribution in [2.75, 3.05) is 25.0 Å². The van der Waals surface area contributed by atoms with E-state index in [0.29, 0.717) is 6.54 Å². The van der Waals surface area contributed by atoms with Crippen molar-refractivity contribution in [3.05, 3.63) is 22.3 Å². The summed E-state index contributed by atoms with van der Waals surface area (Å²) in [5.74, 6) is 1.04. The minimum atomic E-state index is -0.320. The topological polar surface area (TPSA) is 45.2 Å². The molecule has 0 aromatic carbocycles. The molecule has 1 saturated heterocycles. The van der Waals surface area contributed by atoms with E-state index in [4.69, 9.17) is 0 Å². The third-order valence-electron chi connectivity index (χ3n) is 3.61. The fraction of sp³-hybridized carbons (Fsp3) is 0.538. The SMILES string of the molecule is CNC(=O)C1(C)CCN(c2nccc(C)c2Br)C1. The van der Waals surface area contributed by atoms with E-state index in [0.717, 1.165) is 28.8 Å². The van der Waals surface area contributed by atoms with Crippen LogP contribution in [0.5, 0.6) is 0 Å². The molecular weight excluding hydrogens is 294 g/mol. The number of aromatic nitrogens is 1. The first-order valence-corrected chi connectivity index (χ1v) is 6.85.